The van der Waals surface area contributed by atoms with E-state index in [4.69, 9.17) is 19.3 Å². The lowest BCUT2D eigenvalue weighted by Crippen LogP contribution is -2.48. The molecule has 0 heterocycles. The van der Waals surface area contributed by atoms with Crippen molar-refractivity contribution in [3.63, 3.8) is 0 Å². The summed E-state index contributed by atoms with van der Waals surface area (Å²) in [5.74, 6) is 2.02. The molecule has 0 aliphatic heterocycles. The Bertz CT molecular complexity index is 1050. The Morgan fingerprint density at radius 3 is 2.28 bits per heavy atom. The van der Waals surface area contributed by atoms with Crippen molar-refractivity contribution in [3.8, 4) is 5.75 Å². The van der Waals surface area contributed by atoms with Crippen molar-refractivity contribution < 1.29 is 28.9 Å². The fourth-order valence-corrected chi connectivity index (χ4v) is 7.21. The highest BCUT2D eigenvalue weighted by Gasteiger charge is 2.51. The maximum absolute atomic E-state index is 12.3. The number of aromatic carboxylic acids is 1. The van der Waals surface area contributed by atoms with Gasteiger partial charge in [-0.15, -0.1) is 0 Å². The van der Waals surface area contributed by atoms with Gasteiger partial charge in [-0.2, -0.15) is 0 Å². The minimum absolute atomic E-state index is 0.0818. The van der Waals surface area contributed by atoms with E-state index in [-0.39, 0.29) is 24.6 Å². The Morgan fingerprint density at radius 2 is 1.64 bits per heavy atom. The van der Waals surface area contributed by atoms with Gasteiger partial charge in [-0.3, -0.25) is 9.52 Å². The second-order valence-corrected chi connectivity index (χ2v) is 11.5. The van der Waals surface area contributed by atoms with Crippen LogP contribution in [0.2, 0.25) is 0 Å². The number of rotatable bonds is 11. The van der Waals surface area contributed by atoms with Crippen molar-refractivity contribution in [1.82, 2.24) is 4.72 Å². The van der Waals surface area contributed by atoms with Crippen LogP contribution < -0.4 is 9.46 Å². The largest absolute Gasteiger partial charge is 0.478 e. The van der Waals surface area contributed by atoms with E-state index in [0.29, 0.717) is 16.7 Å². The molecule has 2 N–H and O–H groups in total. The van der Waals surface area contributed by atoms with Gasteiger partial charge in [0.05, 0.1) is 12.2 Å². The molecule has 4 bridgehead atoms. The Labute approximate surface area is 216 Å². The van der Waals surface area contributed by atoms with Crippen LogP contribution in [0.4, 0.5) is 0 Å². The van der Waals surface area contributed by atoms with E-state index in [1.807, 2.05) is 31.2 Å². The number of hydrogen-bond donors (Lipinski definition) is 2. The first-order valence-corrected chi connectivity index (χ1v) is 13.5. The number of carbonyl (C=O) groups excluding carboxylic acids is 1. The van der Waals surface area contributed by atoms with Gasteiger partial charge < -0.3 is 19.3 Å². The number of carboxylic acids is 1. The quantitative estimate of drug-likeness (QED) is 0.293. The maximum Gasteiger partial charge on any atom is 0.335 e. The lowest BCUT2D eigenvalue weighted by Gasteiger charge is -2.56. The normalized spacial score (nSPS) is 27.0. The van der Waals surface area contributed by atoms with Crippen molar-refractivity contribution in [2.45, 2.75) is 56.6 Å². The third-order valence-corrected chi connectivity index (χ3v) is 8.56. The van der Waals surface area contributed by atoms with Crippen LogP contribution in [0.1, 0.15) is 66.2 Å². The monoisotopic (exact) mass is 511 g/mol. The summed E-state index contributed by atoms with van der Waals surface area (Å²) in [6, 6.07) is 13.2. The van der Waals surface area contributed by atoms with E-state index in [2.05, 4.69) is 4.72 Å². The smallest absolute Gasteiger partial charge is 0.335 e. The number of nitrogens with one attached hydrogen (secondary N) is 1. The van der Waals surface area contributed by atoms with Crippen molar-refractivity contribution in [2.75, 3.05) is 13.4 Å². The zero-order valence-electron chi connectivity index (χ0n) is 20.5. The third kappa shape index (κ3) is 6.05. The number of carboxylic acid groups (broad SMARTS) is 1. The summed E-state index contributed by atoms with van der Waals surface area (Å²) in [5, 5.41) is 8.97. The summed E-state index contributed by atoms with van der Waals surface area (Å²) in [6.07, 6.45) is 7.91. The van der Waals surface area contributed by atoms with E-state index in [1.165, 1.54) is 62.8 Å². The molecule has 4 saturated carbocycles. The van der Waals surface area contributed by atoms with Crippen LogP contribution in [-0.2, 0) is 9.47 Å². The SMILES string of the molecule is CC(OCOc1cccc(SNC(=O)c2ccc(C(=O)O)cc2)c1)OCC12CC3CC(CC(C3)C1)C2. The molecule has 0 spiro atoms. The van der Waals surface area contributed by atoms with Crippen LogP contribution >= 0.6 is 11.9 Å². The molecule has 36 heavy (non-hydrogen) atoms. The standard InChI is InChI=1S/C28H33NO6S/c1-18(33-16-28-13-19-9-20(14-28)11-21(10-19)15-28)34-17-35-24-3-2-4-25(12-24)36-29-26(30)22-5-7-23(8-6-22)27(31)32/h2-8,12,18-21H,9-11,13-17H2,1H3,(H,29,30)(H,31,32). The molecule has 6 rings (SSSR count). The molecule has 1 atom stereocenters. The first-order valence-electron chi connectivity index (χ1n) is 12.6. The molecule has 2 aromatic rings. The van der Waals surface area contributed by atoms with Gasteiger partial charge >= 0.3 is 5.97 Å². The van der Waals surface area contributed by atoms with Crippen molar-refractivity contribution >= 4 is 23.8 Å². The van der Waals surface area contributed by atoms with Crippen LogP contribution in [0, 0.1) is 23.2 Å². The molecular formula is C28H33NO6S. The van der Waals surface area contributed by atoms with Crippen LogP contribution in [0.15, 0.2) is 53.4 Å². The Kier molecular flexibility index (Phi) is 7.55. The van der Waals surface area contributed by atoms with E-state index >= 15 is 0 Å². The van der Waals surface area contributed by atoms with Crippen molar-refractivity contribution in [2.24, 2.45) is 23.2 Å². The Hall–Kier alpha value is -2.55. The van der Waals surface area contributed by atoms with Gasteiger partial charge in [0.2, 0.25) is 0 Å². The van der Waals surface area contributed by atoms with E-state index in [1.54, 1.807) is 0 Å². The third-order valence-electron chi connectivity index (χ3n) is 7.78. The first kappa shape index (κ1) is 25.1. The molecule has 192 valence electrons. The van der Waals surface area contributed by atoms with Gasteiger partial charge in [0.25, 0.3) is 5.91 Å². The van der Waals surface area contributed by atoms with E-state index < -0.39 is 5.97 Å². The highest BCUT2D eigenvalue weighted by atomic mass is 32.2. The van der Waals surface area contributed by atoms with Gasteiger partial charge in [-0.1, -0.05) is 6.07 Å². The van der Waals surface area contributed by atoms with Crippen molar-refractivity contribution in [3.05, 3.63) is 59.7 Å². The van der Waals surface area contributed by atoms with Gasteiger partial charge in [-0.25, -0.2) is 4.79 Å². The van der Waals surface area contributed by atoms with Gasteiger partial charge in [0.15, 0.2) is 13.1 Å². The first-order chi connectivity index (χ1) is 17.4. The molecule has 0 aromatic heterocycles. The minimum Gasteiger partial charge on any atom is -0.478 e. The lowest BCUT2D eigenvalue weighted by atomic mass is 9.50. The zero-order chi connectivity index (χ0) is 25.1. The van der Waals surface area contributed by atoms with E-state index in [9.17, 15) is 9.59 Å². The number of benzene rings is 2. The molecule has 8 heteroatoms. The minimum atomic E-state index is -1.03. The molecule has 0 saturated heterocycles. The maximum atomic E-state index is 12.3. The van der Waals surface area contributed by atoms with Gasteiger partial charge in [0, 0.05) is 10.5 Å². The number of amides is 1. The summed E-state index contributed by atoms with van der Waals surface area (Å²) >= 11 is 1.16. The predicted octanol–water partition coefficient (Wildman–Crippen LogP) is 5.75. The molecule has 0 radical (unpaired) electrons. The van der Waals surface area contributed by atoms with Gasteiger partial charge in [0.1, 0.15) is 5.75 Å². The predicted molar refractivity (Wildman–Crippen MR) is 136 cm³/mol. The average Bonchev–Trinajstić information content (AvgIpc) is 2.86. The lowest BCUT2D eigenvalue weighted by molar-refractivity contribution is -0.197. The highest BCUT2D eigenvalue weighted by Crippen LogP contribution is 2.60. The molecule has 4 fully saturated rings. The summed E-state index contributed by atoms with van der Waals surface area (Å²) in [7, 11) is 0. The topological polar surface area (TPSA) is 94.1 Å². The number of ether oxygens (including phenoxy) is 3. The summed E-state index contributed by atoms with van der Waals surface area (Å²) in [6.45, 7) is 2.79. The molecule has 4 aliphatic carbocycles. The van der Waals surface area contributed by atoms with E-state index in [0.717, 1.165) is 41.2 Å². The number of carbonyl (C=O) groups is 2. The second-order valence-electron chi connectivity index (χ2n) is 10.6. The van der Waals surface area contributed by atoms with Crippen LogP contribution in [0.25, 0.3) is 0 Å². The molecule has 2 aromatic carbocycles. The number of hydrogen-bond acceptors (Lipinski definition) is 6. The second kappa shape index (κ2) is 10.8. The average molecular weight is 512 g/mol. The van der Waals surface area contributed by atoms with Crippen LogP contribution in [0.3, 0.4) is 0 Å². The molecule has 1 amide bonds. The fourth-order valence-electron chi connectivity index (χ4n) is 6.56. The summed E-state index contributed by atoms with van der Waals surface area (Å²) in [5.41, 5.74) is 0.885. The Balaban J connectivity index is 1.04. The molecular weight excluding hydrogens is 478 g/mol. The molecule has 7 nitrogen and oxygen atoms in total. The Morgan fingerprint density at radius 1 is 1.00 bits per heavy atom. The zero-order valence-corrected chi connectivity index (χ0v) is 21.3. The molecule has 4 aliphatic rings. The summed E-state index contributed by atoms with van der Waals surface area (Å²) < 4.78 is 20.4. The van der Waals surface area contributed by atoms with Gasteiger partial charge in [-0.05, 0) is 123 Å². The molecule has 1 unspecified atom stereocenters. The summed E-state index contributed by atoms with van der Waals surface area (Å²) in [4.78, 5) is 24.1. The van der Waals surface area contributed by atoms with Crippen LogP contribution in [0.5, 0.6) is 5.75 Å². The fraction of sp³-hybridized carbons (Fsp3) is 0.500. The van der Waals surface area contributed by atoms with Crippen LogP contribution in [-0.4, -0.2) is 36.7 Å². The van der Waals surface area contributed by atoms with Crippen molar-refractivity contribution in [1.29, 1.82) is 0 Å². The highest BCUT2D eigenvalue weighted by molar-refractivity contribution is 7.98.